The third-order valence-electron chi connectivity index (χ3n) is 7.20. The number of hydrogen-bond acceptors (Lipinski definition) is 7. The molecule has 0 unspecified atom stereocenters. The summed E-state index contributed by atoms with van der Waals surface area (Å²) in [4.78, 5) is 19.6. The number of oxime groups is 1. The highest BCUT2D eigenvalue weighted by Crippen LogP contribution is 2.44. The first-order valence-corrected chi connectivity index (χ1v) is 11.7. The minimum Gasteiger partial charge on any atom is -0.392 e. The fourth-order valence-corrected chi connectivity index (χ4v) is 5.58. The first-order valence-electron chi connectivity index (χ1n) is 11.7. The van der Waals surface area contributed by atoms with Gasteiger partial charge >= 0.3 is 0 Å². The molecule has 4 atom stereocenters. The van der Waals surface area contributed by atoms with Gasteiger partial charge in [0.05, 0.1) is 30.1 Å². The molecule has 6 rings (SSSR count). The third-order valence-corrected chi connectivity index (χ3v) is 7.20. The summed E-state index contributed by atoms with van der Waals surface area (Å²) in [7, 11) is 0. The minimum absolute atomic E-state index is 0.0920. The van der Waals surface area contributed by atoms with Crippen molar-refractivity contribution in [3.63, 3.8) is 0 Å². The van der Waals surface area contributed by atoms with E-state index in [1.807, 2.05) is 34.9 Å². The number of hydrogen-bond donors (Lipinski definition) is 2. The lowest BCUT2D eigenvalue weighted by molar-refractivity contribution is 0.0380. The Labute approximate surface area is 186 Å². The number of aromatic nitrogens is 4. The van der Waals surface area contributed by atoms with E-state index in [1.165, 1.54) is 25.7 Å². The van der Waals surface area contributed by atoms with Gasteiger partial charge in [-0.3, -0.25) is 0 Å². The van der Waals surface area contributed by atoms with Gasteiger partial charge in [0.1, 0.15) is 11.8 Å². The van der Waals surface area contributed by atoms with Crippen molar-refractivity contribution in [3.05, 3.63) is 48.5 Å². The van der Waals surface area contributed by atoms with Crippen LogP contribution in [0.25, 0.3) is 11.2 Å². The lowest BCUT2D eigenvalue weighted by Gasteiger charge is -2.19. The van der Waals surface area contributed by atoms with Crippen LogP contribution in [0.2, 0.25) is 0 Å². The average Bonchev–Trinajstić information content (AvgIpc) is 3.46. The largest absolute Gasteiger partial charge is 0.392 e. The van der Waals surface area contributed by atoms with Crippen molar-refractivity contribution in [2.75, 3.05) is 5.32 Å². The van der Waals surface area contributed by atoms with E-state index in [1.54, 1.807) is 12.7 Å². The van der Waals surface area contributed by atoms with Crippen LogP contribution >= 0.6 is 0 Å². The second-order valence-electron chi connectivity index (χ2n) is 9.19. The number of benzene rings is 1. The van der Waals surface area contributed by atoms with Crippen LogP contribution < -0.4 is 5.32 Å². The Bertz CT molecular complexity index is 1120. The summed E-state index contributed by atoms with van der Waals surface area (Å²) in [6.07, 6.45) is 10.7. The zero-order valence-electron chi connectivity index (χ0n) is 18.0. The molecule has 8 heteroatoms. The summed E-state index contributed by atoms with van der Waals surface area (Å²) in [6, 6.07) is 10.3. The second kappa shape index (κ2) is 8.16. The number of fused-ring (bicyclic) bond motifs is 2. The van der Waals surface area contributed by atoms with Crippen LogP contribution in [0, 0.1) is 5.92 Å². The molecule has 0 amide bonds. The van der Waals surface area contributed by atoms with Gasteiger partial charge in [-0.25, -0.2) is 15.0 Å². The van der Waals surface area contributed by atoms with E-state index in [2.05, 4.69) is 25.4 Å². The van der Waals surface area contributed by atoms with Crippen LogP contribution in [-0.4, -0.2) is 48.6 Å². The van der Waals surface area contributed by atoms with Crippen LogP contribution in [0.5, 0.6) is 0 Å². The highest BCUT2D eigenvalue weighted by Gasteiger charge is 2.52. The molecule has 2 N–H and O–H groups in total. The van der Waals surface area contributed by atoms with Crippen molar-refractivity contribution in [2.45, 2.75) is 69.2 Å². The summed E-state index contributed by atoms with van der Waals surface area (Å²) in [5, 5.41) is 18.9. The molecule has 2 aromatic heterocycles. The number of aliphatic hydroxyl groups excluding tert-OH is 1. The van der Waals surface area contributed by atoms with Crippen LogP contribution in [0.3, 0.4) is 0 Å². The van der Waals surface area contributed by atoms with Gasteiger partial charge in [-0.2, -0.15) is 0 Å². The summed E-state index contributed by atoms with van der Waals surface area (Å²) in [5.74, 6) is 0.634. The van der Waals surface area contributed by atoms with E-state index >= 15 is 0 Å². The Morgan fingerprint density at radius 2 is 1.81 bits per heavy atom. The van der Waals surface area contributed by atoms with Crippen LogP contribution in [0.15, 0.2) is 48.1 Å². The number of aliphatic hydroxyl groups is 1. The summed E-state index contributed by atoms with van der Waals surface area (Å²) in [6.45, 7) is 0. The van der Waals surface area contributed by atoms with E-state index in [-0.39, 0.29) is 18.1 Å². The van der Waals surface area contributed by atoms with Gasteiger partial charge in [0.15, 0.2) is 17.6 Å². The quantitative estimate of drug-likeness (QED) is 0.611. The predicted molar refractivity (Wildman–Crippen MR) is 121 cm³/mol. The third kappa shape index (κ3) is 3.33. The molecule has 166 valence electrons. The average molecular weight is 433 g/mol. The normalized spacial score (nSPS) is 28.2. The smallest absolute Gasteiger partial charge is 0.165 e. The molecule has 3 heterocycles. The van der Waals surface area contributed by atoms with Gasteiger partial charge in [0.2, 0.25) is 0 Å². The van der Waals surface area contributed by atoms with Gasteiger partial charge in [0, 0.05) is 6.04 Å². The van der Waals surface area contributed by atoms with Gasteiger partial charge in [0.25, 0.3) is 0 Å². The van der Waals surface area contributed by atoms with Crippen molar-refractivity contribution in [2.24, 2.45) is 11.1 Å². The van der Waals surface area contributed by atoms with Gasteiger partial charge in [-0.15, -0.1) is 0 Å². The number of nitrogens with zero attached hydrogens (tertiary/aromatic N) is 5. The monoisotopic (exact) mass is 432 g/mol. The first kappa shape index (κ1) is 19.7. The zero-order chi connectivity index (χ0) is 21.5. The first-order chi connectivity index (χ1) is 15.8. The Kier molecular flexibility index (Phi) is 5.02. The van der Waals surface area contributed by atoms with E-state index in [0.29, 0.717) is 12.5 Å². The Morgan fingerprint density at radius 3 is 2.62 bits per heavy atom. The van der Waals surface area contributed by atoms with Crippen molar-refractivity contribution >= 4 is 22.7 Å². The topological polar surface area (TPSA) is 97.5 Å². The molecule has 2 saturated carbocycles. The Morgan fingerprint density at radius 1 is 1.00 bits per heavy atom. The molecular formula is C24H28N6O2. The Balaban J connectivity index is 1.28. The highest BCUT2D eigenvalue weighted by molar-refractivity contribution is 6.03. The van der Waals surface area contributed by atoms with E-state index in [4.69, 9.17) is 4.84 Å². The molecular weight excluding hydrogens is 404 g/mol. The van der Waals surface area contributed by atoms with Crippen molar-refractivity contribution < 1.29 is 9.94 Å². The zero-order valence-corrected chi connectivity index (χ0v) is 18.0. The highest BCUT2D eigenvalue weighted by atomic mass is 16.6. The molecule has 2 aliphatic carbocycles. The minimum atomic E-state index is -0.533. The van der Waals surface area contributed by atoms with Gasteiger partial charge < -0.3 is 19.8 Å². The predicted octanol–water partition coefficient (Wildman–Crippen LogP) is 3.69. The number of imidazole rings is 1. The lowest BCUT2D eigenvalue weighted by Crippen LogP contribution is -2.29. The second-order valence-corrected chi connectivity index (χ2v) is 9.19. The maximum atomic E-state index is 10.9. The number of rotatable bonds is 4. The van der Waals surface area contributed by atoms with E-state index in [9.17, 15) is 5.11 Å². The fraction of sp³-hybridized carbons (Fsp3) is 0.500. The fourth-order valence-electron chi connectivity index (χ4n) is 5.58. The molecule has 1 aliphatic heterocycles. The summed E-state index contributed by atoms with van der Waals surface area (Å²) in [5.41, 5.74) is 3.36. The van der Waals surface area contributed by atoms with Crippen molar-refractivity contribution in [1.29, 1.82) is 0 Å². The van der Waals surface area contributed by atoms with Crippen LogP contribution in [-0.2, 0) is 4.84 Å². The van der Waals surface area contributed by atoms with Gasteiger partial charge in [-0.1, -0.05) is 61.2 Å². The molecule has 2 fully saturated rings. The maximum Gasteiger partial charge on any atom is 0.165 e. The van der Waals surface area contributed by atoms with E-state index < -0.39 is 6.10 Å². The van der Waals surface area contributed by atoms with Crippen LogP contribution in [0.1, 0.15) is 56.6 Å². The van der Waals surface area contributed by atoms with Crippen LogP contribution in [0.4, 0.5) is 5.82 Å². The molecule has 0 bridgehead atoms. The lowest BCUT2D eigenvalue weighted by atomic mass is 9.92. The molecule has 0 spiro atoms. The van der Waals surface area contributed by atoms with Crippen molar-refractivity contribution in [3.8, 4) is 0 Å². The summed E-state index contributed by atoms with van der Waals surface area (Å²) >= 11 is 0. The number of nitrogens with one attached hydrogen (secondary N) is 1. The maximum absolute atomic E-state index is 10.9. The molecule has 8 nitrogen and oxygen atoms in total. The molecule has 3 aromatic rings. The molecule has 3 aliphatic rings. The van der Waals surface area contributed by atoms with Crippen molar-refractivity contribution in [1.82, 2.24) is 19.5 Å². The molecule has 0 radical (unpaired) electrons. The Hall–Kier alpha value is -3.00. The SMILES string of the molecule is O[C@H]1C[C@@H](n2cnc3c(NC4CCCCCC4)ncnc32)[C@@H]2ON=C(c3ccccc3)[C@@H]21. The molecule has 32 heavy (non-hydrogen) atoms. The summed E-state index contributed by atoms with van der Waals surface area (Å²) < 4.78 is 2.03. The molecule has 1 aromatic carbocycles. The standard InChI is InChI=1S/C24H28N6O2/c31-18-12-17(22-19(18)20(29-32-22)15-8-4-3-5-9-15)30-14-27-21-23(25-13-26-24(21)30)28-16-10-6-1-2-7-11-16/h3-5,8-9,13-14,16-19,22,31H,1-2,6-7,10-12H2,(H,25,26,28)/t17-,18+,19+,22+/m1/s1. The molecule has 0 saturated heterocycles. The van der Waals surface area contributed by atoms with E-state index in [0.717, 1.165) is 41.1 Å². The number of anilines is 1. The van der Waals surface area contributed by atoms with Gasteiger partial charge in [-0.05, 0) is 24.8 Å².